The fourth-order valence-electron chi connectivity index (χ4n) is 3.87. The summed E-state index contributed by atoms with van der Waals surface area (Å²) in [4.78, 5) is 2.99. The molecular weight excluding hydrogens is 447 g/mol. The molecule has 154 valence electrons. The molecule has 0 unspecified atom stereocenters. The van der Waals surface area contributed by atoms with Crippen LogP contribution in [0.15, 0.2) is 12.3 Å². The Kier molecular flexibility index (Phi) is 5.08. The zero-order valence-corrected chi connectivity index (χ0v) is 18.2. The highest BCUT2D eigenvalue weighted by Crippen LogP contribution is 2.40. The molecule has 1 aromatic carbocycles. The number of hydrogen-bond acceptors (Lipinski definition) is 4. The monoisotopic (exact) mass is 466 g/mol. The number of fused-ring (bicyclic) bond motifs is 3. The molecule has 8 nitrogen and oxygen atoms in total. The van der Waals surface area contributed by atoms with Gasteiger partial charge in [0.25, 0.3) is 0 Å². The summed E-state index contributed by atoms with van der Waals surface area (Å²) >= 11 is 12.5. The standard InChI is InChI=1S/C16H20Cl2N4O4S2/c1-27(23,24)21-4-2-10(3-5-21)8-22-9-11-6-12(17)14-13(18)7-19-16(14)15(11)20-28(22,25)26/h6-7,10,19-20H,2-5,8-9H2,1H3. The first-order chi connectivity index (χ1) is 13.1. The highest BCUT2D eigenvalue weighted by Gasteiger charge is 2.34. The largest absolute Gasteiger partial charge is 0.358 e. The van der Waals surface area contributed by atoms with Gasteiger partial charge in [-0.3, -0.25) is 4.72 Å². The van der Waals surface area contributed by atoms with Gasteiger partial charge in [-0.05, 0) is 30.4 Å². The summed E-state index contributed by atoms with van der Waals surface area (Å²) < 4.78 is 54.4. The van der Waals surface area contributed by atoms with Crippen LogP contribution in [0.4, 0.5) is 5.69 Å². The molecule has 1 fully saturated rings. The maximum Gasteiger partial charge on any atom is 0.302 e. The number of H-pyrrole nitrogens is 1. The molecule has 0 aliphatic carbocycles. The fourth-order valence-corrected chi connectivity index (χ4v) is 6.71. The predicted molar refractivity (Wildman–Crippen MR) is 110 cm³/mol. The number of aromatic amines is 1. The number of nitrogens with one attached hydrogen (secondary N) is 2. The van der Waals surface area contributed by atoms with E-state index in [-0.39, 0.29) is 12.5 Å². The Morgan fingerprint density at radius 2 is 1.89 bits per heavy atom. The number of sulfonamides is 1. The van der Waals surface area contributed by atoms with Gasteiger partial charge in [-0.2, -0.15) is 12.7 Å². The van der Waals surface area contributed by atoms with Crippen molar-refractivity contribution in [1.82, 2.24) is 13.6 Å². The van der Waals surface area contributed by atoms with Crippen molar-refractivity contribution in [3.05, 3.63) is 27.9 Å². The van der Waals surface area contributed by atoms with Crippen molar-refractivity contribution in [2.45, 2.75) is 19.4 Å². The first-order valence-corrected chi connectivity index (χ1v) is 12.8. The van der Waals surface area contributed by atoms with Gasteiger partial charge in [0.05, 0.1) is 27.5 Å². The van der Waals surface area contributed by atoms with Crippen molar-refractivity contribution in [3.8, 4) is 0 Å². The summed E-state index contributed by atoms with van der Waals surface area (Å²) in [5.41, 5.74) is 1.80. The van der Waals surface area contributed by atoms with Crippen molar-refractivity contribution >= 4 is 60.0 Å². The lowest BCUT2D eigenvalue weighted by Crippen LogP contribution is -2.45. The molecule has 1 aromatic heterocycles. The van der Waals surface area contributed by atoms with Crippen molar-refractivity contribution < 1.29 is 16.8 Å². The van der Waals surface area contributed by atoms with Crippen molar-refractivity contribution in [3.63, 3.8) is 0 Å². The van der Waals surface area contributed by atoms with Crippen LogP contribution in [0, 0.1) is 5.92 Å². The number of nitrogens with zero attached hydrogens (tertiary/aromatic N) is 2. The minimum absolute atomic E-state index is 0.0928. The molecule has 12 heteroatoms. The first kappa shape index (κ1) is 20.2. The van der Waals surface area contributed by atoms with Gasteiger partial charge in [0, 0.05) is 37.8 Å². The molecule has 28 heavy (non-hydrogen) atoms. The van der Waals surface area contributed by atoms with E-state index in [0.29, 0.717) is 59.1 Å². The normalized spacial score (nSPS) is 21.5. The Balaban J connectivity index is 1.57. The number of benzene rings is 1. The van der Waals surface area contributed by atoms with Gasteiger partial charge in [0.15, 0.2) is 0 Å². The average molecular weight is 467 g/mol. The number of hydrogen-bond donors (Lipinski definition) is 2. The number of piperidine rings is 1. The third-order valence-electron chi connectivity index (χ3n) is 5.36. The zero-order valence-electron chi connectivity index (χ0n) is 15.1. The van der Waals surface area contributed by atoms with Gasteiger partial charge >= 0.3 is 10.2 Å². The van der Waals surface area contributed by atoms with Crippen molar-refractivity contribution in [2.24, 2.45) is 5.92 Å². The summed E-state index contributed by atoms with van der Waals surface area (Å²) in [6, 6.07) is 1.74. The van der Waals surface area contributed by atoms with Crippen LogP contribution >= 0.6 is 23.2 Å². The quantitative estimate of drug-likeness (QED) is 0.725. The van der Waals surface area contributed by atoms with Crippen LogP contribution in [-0.2, 0) is 26.8 Å². The number of anilines is 1. The Bertz CT molecular complexity index is 1140. The molecule has 4 rings (SSSR count). The lowest BCUT2D eigenvalue weighted by Gasteiger charge is -2.35. The van der Waals surface area contributed by atoms with Crippen LogP contribution in [0.25, 0.3) is 10.9 Å². The van der Waals surface area contributed by atoms with E-state index >= 15 is 0 Å². The molecule has 2 aromatic rings. The summed E-state index contributed by atoms with van der Waals surface area (Å²) in [6.45, 7) is 1.35. The molecule has 0 radical (unpaired) electrons. The van der Waals surface area contributed by atoms with Crippen molar-refractivity contribution in [2.75, 3.05) is 30.6 Å². The van der Waals surface area contributed by atoms with E-state index in [1.54, 1.807) is 12.3 Å². The van der Waals surface area contributed by atoms with Crippen LogP contribution in [0.2, 0.25) is 10.0 Å². The topological polar surface area (TPSA) is 103 Å². The van der Waals surface area contributed by atoms with E-state index in [1.807, 2.05) is 0 Å². The molecular formula is C16H20Cl2N4O4S2. The molecule has 2 aliphatic heterocycles. The highest BCUT2D eigenvalue weighted by atomic mass is 35.5. The Hall–Kier alpha value is -1.04. The molecule has 1 saturated heterocycles. The van der Waals surface area contributed by atoms with Gasteiger partial charge in [-0.1, -0.05) is 23.2 Å². The van der Waals surface area contributed by atoms with Gasteiger partial charge in [0.1, 0.15) is 0 Å². The first-order valence-electron chi connectivity index (χ1n) is 8.77. The van der Waals surface area contributed by atoms with Gasteiger partial charge < -0.3 is 4.98 Å². The lowest BCUT2D eigenvalue weighted by atomic mass is 9.98. The third-order valence-corrected chi connectivity index (χ3v) is 8.68. The Morgan fingerprint density at radius 3 is 2.54 bits per heavy atom. The second kappa shape index (κ2) is 7.03. The van der Waals surface area contributed by atoms with Crippen LogP contribution in [0.1, 0.15) is 18.4 Å². The molecule has 0 atom stereocenters. The van der Waals surface area contributed by atoms with Crippen LogP contribution in [0.3, 0.4) is 0 Å². The lowest BCUT2D eigenvalue weighted by molar-refractivity contribution is 0.233. The summed E-state index contributed by atoms with van der Waals surface area (Å²) in [5, 5.41) is 1.48. The molecule has 3 heterocycles. The number of halogens is 2. The smallest absolute Gasteiger partial charge is 0.302 e. The minimum atomic E-state index is -3.73. The fraction of sp³-hybridized carbons (Fsp3) is 0.500. The second-order valence-electron chi connectivity index (χ2n) is 7.28. The molecule has 2 N–H and O–H groups in total. The SMILES string of the molecule is CS(=O)(=O)N1CCC(CN2Cc3cc(Cl)c4c(Cl)c[nH]c4c3NS2(=O)=O)CC1. The number of aromatic nitrogens is 1. The molecule has 2 aliphatic rings. The second-order valence-corrected chi connectivity index (χ2v) is 11.8. The average Bonchev–Trinajstić information content (AvgIpc) is 2.99. The van der Waals surface area contributed by atoms with Crippen LogP contribution < -0.4 is 4.72 Å². The maximum atomic E-state index is 12.8. The summed E-state index contributed by atoms with van der Waals surface area (Å²) in [6.07, 6.45) is 4.02. The molecule has 0 bridgehead atoms. The Morgan fingerprint density at radius 1 is 1.21 bits per heavy atom. The van der Waals surface area contributed by atoms with Gasteiger partial charge in [0.2, 0.25) is 10.0 Å². The third kappa shape index (κ3) is 3.61. The van der Waals surface area contributed by atoms with Crippen LogP contribution in [-0.4, -0.2) is 56.3 Å². The van der Waals surface area contributed by atoms with E-state index in [0.717, 1.165) is 5.56 Å². The summed E-state index contributed by atoms with van der Waals surface area (Å²) in [5.74, 6) is 0.0928. The summed E-state index contributed by atoms with van der Waals surface area (Å²) in [7, 11) is -6.94. The van der Waals surface area contributed by atoms with E-state index in [1.165, 1.54) is 14.9 Å². The molecule has 0 spiro atoms. The van der Waals surface area contributed by atoms with Gasteiger partial charge in [-0.15, -0.1) is 0 Å². The zero-order chi connectivity index (χ0) is 20.3. The number of rotatable bonds is 3. The van der Waals surface area contributed by atoms with E-state index in [4.69, 9.17) is 23.2 Å². The van der Waals surface area contributed by atoms with E-state index in [2.05, 4.69) is 9.71 Å². The molecule has 0 amide bonds. The predicted octanol–water partition coefficient (Wildman–Crippen LogP) is 2.62. The van der Waals surface area contributed by atoms with Gasteiger partial charge in [-0.25, -0.2) is 12.7 Å². The highest BCUT2D eigenvalue weighted by molar-refractivity contribution is 7.90. The molecule has 0 saturated carbocycles. The van der Waals surface area contributed by atoms with Crippen LogP contribution in [0.5, 0.6) is 0 Å². The minimum Gasteiger partial charge on any atom is -0.358 e. The maximum absolute atomic E-state index is 12.8. The van der Waals surface area contributed by atoms with E-state index in [9.17, 15) is 16.8 Å². The van der Waals surface area contributed by atoms with E-state index < -0.39 is 20.2 Å². The Labute approximate surface area is 174 Å². The van der Waals surface area contributed by atoms with Crippen molar-refractivity contribution in [1.29, 1.82) is 0 Å².